The number of piperidine rings is 2. The van der Waals surface area contributed by atoms with Crippen molar-refractivity contribution < 1.29 is 18.4 Å². The van der Waals surface area contributed by atoms with Crippen LogP contribution in [0.25, 0.3) is 22.2 Å². The van der Waals surface area contributed by atoms with E-state index in [1.165, 1.54) is 0 Å². The maximum absolute atomic E-state index is 13.2. The molecule has 4 atom stereocenters. The van der Waals surface area contributed by atoms with E-state index >= 15 is 0 Å². The van der Waals surface area contributed by atoms with Crippen molar-refractivity contribution in [3.63, 3.8) is 0 Å². The van der Waals surface area contributed by atoms with Gasteiger partial charge in [-0.05, 0) is 89.1 Å². The van der Waals surface area contributed by atoms with Crippen molar-refractivity contribution in [3.05, 3.63) is 66.7 Å². The number of oxazole rings is 2. The standard InChI is InChI=1S/C23H30N6O2.C17H22N4O2/c1-17-24-10-13-28(17)15-14-27-12-9-18(16-27)25-22(30)20-7-4-5-11-29(20)23-26-19-6-2-3-8-21(19)31-23;22-16(19-12-8-9-18-11-12)14-6-3-4-10-21(14)17-20-13-5-1-2-7-15(13)23-17/h2-3,6,8,10,13,18,20H,4-5,7,9,11-12,14-16H2,1H3,(H,25,30);1-2,5,7,12,14,18H,3-4,6,8-11H2,(H,19,22)/t18-,20-;12-,14-/m00/s1. The molecular formula is C40H52N10O4. The predicted octanol–water partition coefficient (Wildman–Crippen LogP) is 4.25. The van der Waals surface area contributed by atoms with Crippen LogP contribution in [0.1, 0.15) is 57.2 Å². The van der Waals surface area contributed by atoms with Gasteiger partial charge in [-0.25, -0.2) is 4.98 Å². The van der Waals surface area contributed by atoms with E-state index in [0.29, 0.717) is 12.0 Å². The van der Waals surface area contributed by atoms with Crippen LogP contribution in [-0.2, 0) is 16.1 Å². The summed E-state index contributed by atoms with van der Waals surface area (Å²) in [5.41, 5.74) is 3.21. The second kappa shape index (κ2) is 16.6. The highest BCUT2D eigenvalue weighted by Crippen LogP contribution is 2.29. The molecule has 2 amide bonds. The molecule has 3 aromatic heterocycles. The monoisotopic (exact) mass is 736 g/mol. The van der Waals surface area contributed by atoms with Crippen molar-refractivity contribution in [2.75, 3.05) is 55.6 Å². The Bertz CT molecular complexity index is 1950. The van der Waals surface area contributed by atoms with Crippen LogP contribution in [-0.4, -0.2) is 106 Å². The van der Waals surface area contributed by atoms with Gasteiger partial charge < -0.3 is 39.2 Å². The largest absolute Gasteiger partial charge is 0.423 e. The number of hydrogen-bond acceptors (Lipinski definition) is 11. The molecule has 0 spiro atoms. The minimum Gasteiger partial charge on any atom is -0.423 e. The van der Waals surface area contributed by atoms with Gasteiger partial charge in [-0.1, -0.05) is 24.3 Å². The molecule has 4 saturated heterocycles. The van der Waals surface area contributed by atoms with Crippen molar-refractivity contribution in [2.45, 2.75) is 89.0 Å². The zero-order valence-corrected chi connectivity index (χ0v) is 31.2. The van der Waals surface area contributed by atoms with Crippen LogP contribution in [0.2, 0.25) is 0 Å². The van der Waals surface area contributed by atoms with Gasteiger partial charge in [-0.15, -0.1) is 0 Å². The number of fused-ring (bicyclic) bond motifs is 2. The lowest BCUT2D eigenvalue weighted by Gasteiger charge is -2.34. The number of rotatable bonds is 9. The molecule has 0 aliphatic carbocycles. The zero-order valence-electron chi connectivity index (χ0n) is 31.2. The summed E-state index contributed by atoms with van der Waals surface area (Å²) < 4.78 is 14.0. The first-order valence-electron chi connectivity index (χ1n) is 19.7. The lowest BCUT2D eigenvalue weighted by molar-refractivity contribution is -0.124. The number of carbonyl (C=O) groups is 2. The number of amides is 2. The van der Waals surface area contributed by atoms with Gasteiger partial charge in [-0.2, -0.15) is 9.97 Å². The Morgan fingerprint density at radius 1 is 0.759 bits per heavy atom. The third-order valence-corrected chi connectivity index (χ3v) is 11.3. The predicted molar refractivity (Wildman–Crippen MR) is 207 cm³/mol. The number of imidazole rings is 1. The third-order valence-electron chi connectivity index (χ3n) is 11.3. The van der Waals surface area contributed by atoms with Crippen LogP contribution in [0.3, 0.4) is 0 Å². The number of hydrogen-bond donors (Lipinski definition) is 3. The van der Waals surface area contributed by atoms with E-state index in [0.717, 1.165) is 132 Å². The summed E-state index contributed by atoms with van der Waals surface area (Å²) in [6.07, 6.45) is 11.8. The first-order chi connectivity index (χ1) is 26.5. The lowest BCUT2D eigenvalue weighted by atomic mass is 10.0. The van der Waals surface area contributed by atoms with Crippen molar-refractivity contribution in [2.24, 2.45) is 0 Å². The zero-order chi connectivity index (χ0) is 36.9. The fourth-order valence-corrected chi connectivity index (χ4v) is 8.25. The van der Waals surface area contributed by atoms with Gasteiger partial charge in [0.15, 0.2) is 11.2 Å². The van der Waals surface area contributed by atoms with E-state index in [9.17, 15) is 9.59 Å². The number of nitrogens with zero attached hydrogens (tertiary/aromatic N) is 7. The van der Waals surface area contributed by atoms with Gasteiger partial charge in [0.1, 0.15) is 28.9 Å². The number of likely N-dealkylation sites (tertiary alicyclic amines) is 1. The van der Waals surface area contributed by atoms with Crippen LogP contribution < -0.4 is 25.8 Å². The molecule has 14 nitrogen and oxygen atoms in total. The highest BCUT2D eigenvalue weighted by atomic mass is 16.4. The van der Waals surface area contributed by atoms with Crippen LogP contribution in [0.4, 0.5) is 12.0 Å². The topological polar surface area (TPSA) is 150 Å². The molecule has 0 bridgehead atoms. The van der Waals surface area contributed by atoms with E-state index in [1.807, 2.05) is 77.6 Å². The van der Waals surface area contributed by atoms with E-state index in [4.69, 9.17) is 8.83 Å². The number of aryl methyl sites for hydroxylation is 1. The fraction of sp³-hybridized carbons (Fsp3) is 0.525. The van der Waals surface area contributed by atoms with E-state index in [1.54, 1.807) is 0 Å². The van der Waals surface area contributed by atoms with Crippen LogP contribution in [0.5, 0.6) is 0 Å². The number of aromatic nitrogens is 4. The summed E-state index contributed by atoms with van der Waals surface area (Å²) in [6.45, 7) is 9.29. The summed E-state index contributed by atoms with van der Waals surface area (Å²) in [7, 11) is 0. The van der Waals surface area contributed by atoms with Gasteiger partial charge in [0.2, 0.25) is 11.8 Å². The second-order valence-corrected chi connectivity index (χ2v) is 15.0. The molecule has 0 unspecified atom stereocenters. The highest BCUT2D eigenvalue weighted by molar-refractivity contribution is 5.86. The molecule has 7 heterocycles. The number of benzene rings is 2. The van der Waals surface area contributed by atoms with Gasteiger partial charge in [0.25, 0.3) is 12.0 Å². The number of carbonyl (C=O) groups excluding carboxylic acids is 2. The lowest BCUT2D eigenvalue weighted by Crippen LogP contribution is -2.52. The highest BCUT2D eigenvalue weighted by Gasteiger charge is 2.35. The van der Waals surface area contributed by atoms with Crippen molar-refractivity contribution >= 4 is 46.0 Å². The average molecular weight is 737 g/mol. The molecule has 5 aromatic rings. The summed E-state index contributed by atoms with van der Waals surface area (Å²) >= 11 is 0. The molecule has 3 N–H and O–H groups in total. The molecule has 14 heteroatoms. The van der Waals surface area contributed by atoms with Crippen molar-refractivity contribution in [3.8, 4) is 0 Å². The number of anilines is 2. The first-order valence-corrected chi connectivity index (χ1v) is 19.7. The Balaban J connectivity index is 0.000000160. The molecule has 4 fully saturated rings. The quantitative estimate of drug-likeness (QED) is 0.200. The summed E-state index contributed by atoms with van der Waals surface area (Å²) in [6, 6.07) is 16.7. The Labute approximate surface area is 315 Å². The summed E-state index contributed by atoms with van der Waals surface area (Å²) in [4.78, 5) is 45.9. The normalized spacial score (nSPS) is 23.4. The SMILES string of the molecule is Cc1nccn1CCN1CC[C@H](NC(=O)[C@@H]2CCCCN2c2nc3ccccc3o2)C1.O=C(N[C@H]1CCNC1)[C@@H]1CCCCN1c1nc2ccccc2o1. The fourth-order valence-electron chi connectivity index (χ4n) is 8.25. The Kier molecular flexibility index (Phi) is 11.1. The molecule has 0 radical (unpaired) electrons. The second-order valence-electron chi connectivity index (χ2n) is 15.0. The average Bonchev–Trinajstić information content (AvgIpc) is 4.06. The first kappa shape index (κ1) is 36.0. The van der Waals surface area contributed by atoms with Crippen molar-refractivity contribution in [1.82, 2.24) is 40.4 Å². The minimum atomic E-state index is -0.218. The molecular weight excluding hydrogens is 685 g/mol. The van der Waals surface area contributed by atoms with Crippen LogP contribution in [0, 0.1) is 6.92 Å². The van der Waals surface area contributed by atoms with Crippen LogP contribution >= 0.6 is 0 Å². The molecule has 0 saturated carbocycles. The van der Waals surface area contributed by atoms with Gasteiger partial charge in [0.05, 0.1) is 0 Å². The molecule has 54 heavy (non-hydrogen) atoms. The summed E-state index contributed by atoms with van der Waals surface area (Å²) in [5.74, 6) is 1.24. The Morgan fingerprint density at radius 2 is 1.37 bits per heavy atom. The van der Waals surface area contributed by atoms with E-state index < -0.39 is 0 Å². The van der Waals surface area contributed by atoms with Crippen molar-refractivity contribution in [1.29, 1.82) is 0 Å². The maximum atomic E-state index is 13.2. The smallest absolute Gasteiger partial charge is 0.299 e. The summed E-state index contributed by atoms with van der Waals surface area (Å²) in [5, 5.41) is 9.76. The number of para-hydroxylation sites is 4. The number of nitrogens with one attached hydrogen (secondary N) is 3. The van der Waals surface area contributed by atoms with Gasteiger partial charge >= 0.3 is 0 Å². The van der Waals surface area contributed by atoms with E-state index in [-0.39, 0.29) is 36.0 Å². The van der Waals surface area contributed by atoms with E-state index in [2.05, 4.69) is 40.4 Å². The Morgan fingerprint density at radius 3 is 1.93 bits per heavy atom. The third kappa shape index (κ3) is 8.24. The molecule has 9 rings (SSSR count). The molecule has 2 aromatic carbocycles. The molecule has 4 aliphatic heterocycles. The minimum absolute atomic E-state index is 0.0965. The van der Waals surface area contributed by atoms with Crippen LogP contribution in [0.15, 0.2) is 69.8 Å². The van der Waals surface area contributed by atoms with Gasteiger partial charge in [-0.3, -0.25) is 14.5 Å². The van der Waals surface area contributed by atoms with Gasteiger partial charge in [0, 0.05) is 70.3 Å². The maximum Gasteiger partial charge on any atom is 0.299 e. The Hall–Kier alpha value is -4.95. The molecule has 286 valence electrons. The molecule has 4 aliphatic rings.